The Balaban J connectivity index is 0.543. The number of hydrogen-bond donors (Lipinski definition) is 7. The maximum Gasteiger partial charge on any atom is 0.407 e. The van der Waals surface area contributed by atoms with Gasteiger partial charge < -0.3 is 108 Å². The van der Waals surface area contributed by atoms with Gasteiger partial charge in [-0.15, -0.1) is 0 Å². The number of carbonyl (C=O) groups is 5. The summed E-state index contributed by atoms with van der Waals surface area (Å²) in [5.41, 5.74) is 13.9. The first-order chi connectivity index (χ1) is 59.9. The Morgan fingerprint density at radius 3 is 2.09 bits per heavy atom. The second-order valence-corrected chi connectivity index (χ2v) is 33.8. The molecule has 0 unspecified atom stereocenters. The van der Waals surface area contributed by atoms with E-state index in [2.05, 4.69) is 50.4 Å². The Hall–Kier alpha value is -7.87. The summed E-state index contributed by atoms with van der Waals surface area (Å²) in [6, 6.07) is 9.83. The van der Waals surface area contributed by atoms with E-state index in [1.165, 1.54) is 16.8 Å². The lowest BCUT2D eigenvalue weighted by Crippen LogP contribution is -2.60. The van der Waals surface area contributed by atoms with Crippen LogP contribution in [0.25, 0.3) is 33.3 Å². The number of Topliss-reactive ketones (excluding diaryl/α,β-unsaturated/α-hetero) is 2. The van der Waals surface area contributed by atoms with E-state index in [1.807, 2.05) is 72.1 Å². The molecule has 10 rings (SSSR count). The Labute approximate surface area is 728 Å². The van der Waals surface area contributed by atoms with E-state index in [4.69, 9.17) is 72.4 Å². The third-order valence-corrected chi connectivity index (χ3v) is 24.5. The van der Waals surface area contributed by atoms with Gasteiger partial charge in [-0.25, -0.2) is 24.4 Å². The highest BCUT2D eigenvalue weighted by atomic mass is 16.6. The molecule has 4 aliphatic heterocycles. The minimum absolute atomic E-state index is 0.0367. The maximum atomic E-state index is 14.5. The predicted molar refractivity (Wildman–Crippen MR) is 464 cm³/mol. The molecule has 2 bridgehead atoms. The van der Waals surface area contributed by atoms with E-state index >= 15 is 0 Å². The topological polar surface area (TPSA) is 403 Å². The third kappa shape index (κ3) is 29.1. The highest BCUT2D eigenvalue weighted by Crippen LogP contribution is 2.40. The number of nitrogens with one attached hydrogen (secondary N) is 2. The van der Waals surface area contributed by atoms with E-state index in [1.54, 1.807) is 54.2 Å². The number of allylic oxidation sites excluding steroid dienone is 5. The number of alkyl carbamates (subject to hydrolysis) is 1. The molecule has 32 nitrogen and oxygen atoms in total. The van der Waals surface area contributed by atoms with Gasteiger partial charge >= 0.3 is 6.09 Å². The number of hydrogen-bond acceptors (Lipinski definition) is 27. The monoisotopic (exact) mass is 1730 g/mol. The number of pyridine rings is 1. The summed E-state index contributed by atoms with van der Waals surface area (Å²) in [4.78, 5) is 88.7. The number of aliphatic hydroxyl groups is 4. The highest BCUT2D eigenvalue weighted by Gasteiger charge is 2.53. The van der Waals surface area contributed by atoms with Crippen LogP contribution in [0.5, 0.6) is 0 Å². The quantitative estimate of drug-likeness (QED) is 0.0112. The standard InChI is InChI=1S/C92H136N10O22/c1-60-15-11-10-12-16-61(2)77(112-8)53-74-22-18-66(7)92(111,124-74)86(108)90(109)101-29-14-13-17-73(101)58-122-78(54-75(103)62(3)48-65(6)84(106)85(107)83(105)64(5)47-60)63(4)49-67-20-23-76(79(51-67)113-9)123-91(110)95-28-32-115-34-36-117-38-40-119-42-44-121-46-45-120-43-41-118-39-37-116-35-33-114-31-26-80(104)100-30-25-69-50-68(19-21-71(69)57-100)56-102-89-81(87(93)97-59-98-89)82(99-102)72-52-70-24-27-94-88(70)96-55-72/h10-12,15-16,19,21,24,27,48,50,52,55,59-60,62-64,66-67,73-79,84-85,103,106-107,111H,13-14,17-18,20,22-23,25-26,28-47,49,51,53-54,56-58H2,1-9H3,(H,94,96)(H,95,110)(H2,93,97,98)/b12-10?,15-11+,61-16?,65-48+/t60-,62-,63-,64-,66-,67+,73+,74+,75-,76-,77+,78+,79-,84-,85+,92-/m1/s1. The molecule has 1 aliphatic carbocycles. The van der Waals surface area contributed by atoms with E-state index in [0.717, 1.165) is 46.1 Å². The summed E-state index contributed by atoms with van der Waals surface area (Å²) < 4.78 is 77.9. The molecule has 32 heteroatoms. The lowest BCUT2D eigenvalue weighted by molar-refractivity contribution is -0.265. The van der Waals surface area contributed by atoms with Crippen molar-refractivity contribution < 1.29 is 106 Å². The minimum atomic E-state index is -2.36. The average molecular weight is 1730 g/mol. The maximum absolute atomic E-state index is 14.5. The number of nitrogens with zero attached hydrogens (tertiary/aromatic N) is 7. The number of methoxy groups -OCH3 is 2. The van der Waals surface area contributed by atoms with Gasteiger partial charge in [0, 0.05) is 94.3 Å². The molecular formula is C92H136N10O22. The molecule has 2 saturated heterocycles. The molecule has 16 atom stereocenters. The fraction of sp³-hybridized carbons (Fsp3) is 0.663. The van der Waals surface area contributed by atoms with E-state index in [0.29, 0.717) is 211 Å². The summed E-state index contributed by atoms with van der Waals surface area (Å²) in [6.45, 7) is 21.1. The number of aromatic nitrogens is 6. The molecule has 4 aromatic heterocycles. The van der Waals surface area contributed by atoms with Gasteiger partial charge in [0.05, 0.1) is 167 Å². The number of benzene rings is 1. The van der Waals surface area contributed by atoms with Crippen LogP contribution in [0.3, 0.4) is 0 Å². The Bertz CT molecular complexity index is 4290. The number of aliphatic hydroxyl groups excluding tert-OH is 3. The van der Waals surface area contributed by atoms with Crippen LogP contribution in [0.4, 0.5) is 10.6 Å². The number of ether oxygens (including phenoxy) is 13. The van der Waals surface area contributed by atoms with E-state index in [9.17, 15) is 44.4 Å². The van der Waals surface area contributed by atoms with Crippen molar-refractivity contribution in [1.82, 2.24) is 44.8 Å². The number of rotatable bonds is 36. The first kappa shape index (κ1) is 98.3. The SMILES string of the molecule is CO[C@H]1C[C@@H]2CC[C@@H](C)[C@@](O)(O2)C(=O)C(=O)N2CCCC[C@H]2CO[C@H]([C@H](C)C[C@@H]2CC[C@@H](OC(=O)NCCOCCOCCOCCOCCOCCOCCOCCOCCC(=O)N3CCc4cc(Cn5nc(-c6cnc7[nH]ccc7c6)c6c(N)ncnc65)ccc4C3)[C@H](OC)C2)C[C@@H](O)[C@H](C)/C=C(\C)[C@@H](O)[C@@H](O)C(=O)[C@H](C)C[C@H](C)/C=C/C=CC=C1C. The van der Waals surface area contributed by atoms with Crippen molar-refractivity contribution in [3.05, 3.63) is 113 Å². The van der Waals surface area contributed by atoms with Crippen molar-refractivity contribution in [2.75, 3.05) is 152 Å². The van der Waals surface area contributed by atoms with Gasteiger partial charge in [-0.05, 0) is 142 Å². The molecule has 124 heavy (non-hydrogen) atoms. The zero-order chi connectivity index (χ0) is 88.5. The second-order valence-electron chi connectivity index (χ2n) is 33.8. The number of nitrogen functional groups attached to an aromatic ring is 1. The van der Waals surface area contributed by atoms with Crippen LogP contribution in [0.15, 0.2) is 96.7 Å². The summed E-state index contributed by atoms with van der Waals surface area (Å²) >= 11 is 0. The van der Waals surface area contributed by atoms with Crippen LogP contribution in [0.2, 0.25) is 0 Å². The van der Waals surface area contributed by atoms with E-state index in [-0.39, 0.29) is 62.8 Å². The second kappa shape index (κ2) is 50.6. The van der Waals surface area contributed by atoms with Crippen LogP contribution in [-0.2, 0) is 100 Å². The fourth-order valence-corrected chi connectivity index (χ4v) is 17.1. The zero-order valence-electron chi connectivity index (χ0n) is 74.0. The minimum Gasteiger partial charge on any atom is -0.443 e. The summed E-state index contributed by atoms with van der Waals surface area (Å²) in [7, 11) is 3.19. The number of fused-ring (bicyclic) bond motifs is 6. The van der Waals surface area contributed by atoms with Gasteiger partial charge in [0.2, 0.25) is 11.7 Å². The van der Waals surface area contributed by atoms with Crippen LogP contribution < -0.4 is 11.1 Å². The highest BCUT2D eigenvalue weighted by molar-refractivity contribution is 6.38. The number of amides is 3. The molecule has 686 valence electrons. The Kier molecular flexibility index (Phi) is 40.1. The van der Waals surface area contributed by atoms with Crippen LogP contribution in [-0.4, -0.2) is 296 Å². The molecule has 5 aromatic rings. The van der Waals surface area contributed by atoms with Crippen molar-refractivity contribution in [3.8, 4) is 11.3 Å². The van der Waals surface area contributed by atoms with Crippen molar-refractivity contribution in [3.63, 3.8) is 0 Å². The van der Waals surface area contributed by atoms with Gasteiger partial charge in [0.25, 0.3) is 11.7 Å². The normalized spacial score (nSPS) is 27.3. The number of ketones is 2. The van der Waals surface area contributed by atoms with Crippen molar-refractivity contribution in [1.29, 1.82) is 0 Å². The molecule has 1 saturated carbocycles. The van der Waals surface area contributed by atoms with Crippen molar-refractivity contribution >= 4 is 57.4 Å². The summed E-state index contributed by atoms with van der Waals surface area (Å²) in [5.74, 6) is -6.15. The molecule has 8 N–H and O–H groups in total. The van der Waals surface area contributed by atoms with Crippen LogP contribution in [0.1, 0.15) is 149 Å². The molecule has 3 fully saturated rings. The number of anilines is 1. The molecule has 0 spiro atoms. The van der Waals surface area contributed by atoms with Crippen molar-refractivity contribution in [2.45, 2.75) is 212 Å². The molecular weight excluding hydrogens is 1600 g/mol. The number of aromatic amines is 1. The summed E-state index contributed by atoms with van der Waals surface area (Å²) in [6.07, 6.45) is 16.4. The third-order valence-electron chi connectivity index (χ3n) is 24.5. The van der Waals surface area contributed by atoms with Gasteiger partial charge in [0.1, 0.15) is 41.8 Å². The Morgan fingerprint density at radius 2 is 1.40 bits per heavy atom. The zero-order valence-corrected chi connectivity index (χ0v) is 74.0. The lowest BCUT2D eigenvalue weighted by atomic mass is 9.78. The fourth-order valence-electron chi connectivity index (χ4n) is 17.1. The Morgan fingerprint density at radius 1 is 0.718 bits per heavy atom. The smallest absolute Gasteiger partial charge is 0.407 e. The predicted octanol–water partition coefficient (Wildman–Crippen LogP) is 8.95. The first-order valence-corrected chi connectivity index (χ1v) is 44.5. The lowest BCUT2D eigenvalue weighted by Gasteiger charge is -2.43. The average Bonchev–Trinajstić information content (AvgIpc) is 1.51. The van der Waals surface area contributed by atoms with Crippen molar-refractivity contribution in [2.24, 2.45) is 35.5 Å². The number of nitrogens with two attached hydrogens (primary N) is 1. The number of piperidine rings is 1. The van der Waals surface area contributed by atoms with Crippen LogP contribution >= 0.6 is 0 Å². The first-order valence-electron chi connectivity index (χ1n) is 44.5. The molecule has 1 aromatic carbocycles. The van der Waals surface area contributed by atoms with Crippen LogP contribution in [0, 0.1) is 35.5 Å². The van der Waals surface area contributed by atoms with Gasteiger partial charge in [-0.1, -0.05) is 89.3 Å². The summed E-state index contributed by atoms with van der Waals surface area (Å²) in [5, 5.41) is 56.1. The molecule has 0 radical (unpaired) electrons. The van der Waals surface area contributed by atoms with E-state index < -0.39 is 102 Å². The van der Waals surface area contributed by atoms with Gasteiger partial charge in [-0.3, -0.25) is 19.2 Å². The molecule has 3 amide bonds. The van der Waals surface area contributed by atoms with Gasteiger partial charge in [0.15, 0.2) is 11.4 Å². The largest absolute Gasteiger partial charge is 0.443 e. The van der Waals surface area contributed by atoms with Gasteiger partial charge in [-0.2, -0.15) is 5.10 Å². The molecule has 5 aliphatic rings. The number of H-pyrrole nitrogens is 1. The number of carbonyl (C=O) groups excluding carboxylic acids is 5. The molecule has 8 heterocycles.